The average Bonchev–Trinajstić information content (AvgIpc) is 2.48. The van der Waals surface area contributed by atoms with Crippen LogP contribution in [0.25, 0.3) is 0 Å². The molecule has 2 rings (SSSR count). The zero-order valence-electron chi connectivity index (χ0n) is 12.4. The van der Waals surface area contributed by atoms with Gasteiger partial charge in [0.05, 0.1) is 0 Å². The topological polar surface area (TPSA) is 55.0 Å². The molecule has 0 fully saturated rings. The Morgan fingerprint density at radius 3 is 2.50 bits per heavy atom. The van der Waals surface area contributed by atoms with E-state index in [9.17, 15) is 0 Å². The zero-order chi connectivity index (χ0) is 14.5. The van der Waals surface area contributed by atoms with E-state index in [1.165, 1.54) is 5.56 Å². The number of nitrogens with two attached hydrogens (primary N) is 1. The number of aryl methyl sites for hydroxylation is 1. The van der Waals surface area contributed by atoms with E-state index in [-0.39, 0.29) is 0 Å². The van der Waals surface area contributed by atoms with Crippen LogP contribution < -0.4 is 10.6 Å². The van der Waals surface area contributed by atoms with Crippen molar-refractivity contribution in [1.29, 1.82) is 0 Å². The molecule has 0 radical (unpaired) electrons. The number of aromatic nitrogens is 2. The molecule has 0 unspecified atom stereocenters. The quantitative estimate of drug-likeness (QED) is 0.907. The number of anilines is 2. The first-order valence-electron chi connectivity index (χ1n) is 7.00. The van der Waals surface area contributed by atoms with E-state index in [0.717, 1.165) is 36.6 Å². The summed E-state index contributed by atoms with van der Waals surface area (Å²) in [5.74, 6) is 2.32. The fourth-order valence-electron chi connectivity index (χ4n) is 2.15. The van der Waals surface area contributed by atoms with Crippen molar-refractivity contribution in [2.24, 2.45) is 0 Å². The third-order valence-corrected chi connectivity index (χ3v) is 3.46. The van der Waals surface area contributed by atoms with Crippen LogP contribution in [0.1, 0.15) is 23.9 Å². The first kappa shape index (κ1) is 14.3. The maximum atomic E-state index is 5.96. The van der Waals surface area contributed by atoms with E-state index < -0.39 is 0 Å². The van der Waals surface area contributed by atoms with Crippen molar-refractivity contribution in [3.8, 4) is 0 Å². The van der Waals surface area contributed by atoms with Gasteiger partial charge in [0.2, 0.25) is 0 Å². The number of benzene rings is 1. The van der Waals surface area contributed by atoms with Crippen LogP contribution in [0.2, 0.25) is 0 Å². The van der Waals surface area contributed by atoms with E-state index in [2.05, 4.69) is 46.2 Å². The minimum Gasteiger partial charge on any atom is -0.383 e. The summed E-state index contributed by atoms with van der Waals surface area (Å²) < 4.78 is 0. The highest BCUT2D eigenvalue weighted by Crippen LogP contribution is 2.21. The van der Waals surface area contributed by atoms with Gasteiger partial charge in [0.25, 0.3) is 0 Å². The van der Waals surface area contributed by atoms with Crippen LogP contribution in [-0.2, 0) is 12.8 Å². The van der Waals surface area contributed by atoms with Gasteiger partial charge in [-0.3, -0.25) is 0 Å². The lowest BCUT2D eigenvalue weighted by atomic mass is 10.1. The number of hydrogen-bond acceptors (Lipinski definition) is 4. The molecule has 20 heavy (non-hydrogen) atoms. The molecule has 0 aliphatic carbocycles. The summed E-state index contributed by atoms with van der Waals surface area (Å²) in [7, 11) is 2.05. The van der Waals surface area contributed by atoms with E-state index in [1.807, 2.05) is 19.9 Å². The fraction of sp³-hybridized carbons (Fsp3) is 0.375. The predicted octanol–water partition coefficient (Wildman–Crippen LogP) is 2.61. The van der Waals surface area contributed by atoms with Crippen molar-refractivity contribution in [3.63, 3.8) is 0 Å². The maximum absolute atomic E-state index is 5.96. The number of nitrogen functional groups attached to an aromatic ring is 1. The van der Waals surface area contributed by atoms with Crippen molar-refractivity contribution in [2.45, 2.75) is 26.7 Å². The number of nitrogens with zero attached hydrogens (tertiary/aromatic N) is 3. The highest BCUT2D eigenvalue weighted by atomic mass is 15.2. The van der Waals surface area contributed by atoms with Crippen molar-refractivity contribution in [3.05, 3.63) is 47.3 Å². The highest BCUT2D eigenvalue weighted by molar-refractivity contribution is 5.56. The Bertz CT molecular complexity index is 566. The van der Waals surface area contributed by atoms with Crippen molar-refractivity contribution in [1.82, 2.24) is 9.97 Å². The molecule has 0 bridgehead atoms. The Kier molecular flexibility index (Phi) is 4.56. The molecule has 4 nitrogen and oxygen atoms in total. The summed E-state index contributed by atoms with van der Waals surface area (Å²) in [6.45, 7) is 4.92. The summed E-state index contributed by atoms with van der Waals surface area (Å²) in [4.78, 5) is 11.0. The van der Waals surface area contributed by atoms with Crippen LogP contribution >= 0.6 is 0 Å². The first-order chi connectivity index (χ1) is 9.61. The minimum atomic E-state index is 0.582. The third-order valence-electron chi connectivity index (χ3n) is 3.46. The summed E-state index contributed by atoms with van der Waals surface area (Å²) in [6, 6.07) is 10.5. The third kappa shape index (κ3) is 3.26. The molecule has 4 heteroatoms. The molecule has 1 heterocycles. The predicted molar refractivity (Wildman–Crippen MR) is 84.0 cm³/mol. The van der Waals surface area contributed by atoms with Crippen LogP contribution in [0.5, 0.6) is 0 Å². The number of likely N-dealkylation sites (N-methyl/N-ethyl adjacent to an activating group) is 1. The normalized spacial score (nSPS) is 10.6. The molecular weight excluding hydrogens is 248 g/mol. The molecule has 0 saturated heterocycles. The largest absolute Gasteiger partial charge is 0.383 e. The van der Waals surface area contributed by atoms with Crippen LogP contribution in [0, 0.1) is 6.92 Å². The first-order valence-corrected chi connectivity index (χ1v) is 7.00. The number of hydrogen-bond donors (Lipinski definition) is 1. The van der Waals surface area contributed by atoms with Crippen molar-refractivity contribution >= 4 is 11.6 Å². The molecule has 2 aromatic rings. The van der Waals surface area contributed by atoms with E-state index in [1.54, 1.807) is 0 Å². The lowest BCUT2D eigenvalue weighted by Crippen LogP contribution is -2.23. The van der Waals surface area contributed by atoms with Gasteiger partial charge in [0, 0.05) is 25.6 Å². The van der Waals surface area contributed by atoms with Crippen molar-refractivity contribution in [2.75, 3.05) is 24.2 Å². The Morgan fingerprint density at radius 2 is 1.85 bits per heavy atom. The van der Waals surface area contributed by atoms with Crippen LogP contribution in [-0.4, -0.2) is 23.6 Å². The molecular formula is C16H22N4. The lowest BCUT2D eigenvalue weighted by Gasteiger charge is -2.21. The van der Waals surface area contributed by atoms with Gasteiger partial charge in [-0.25, -0.2) is 9.97 Å². The van der Waals surface area contributed by atoms with Crippen molar-refractivity contribution < 1.29 is 0 Å². The van der Waals surface area contributed by atoms with Crippen LogP contribution in [0.4, 0.5) is 11.6 Å². The maximum Gasteiger partial charge on any atom is 0.137 e. The summed E-state index contributed by atoms with van der Waals surface area (Å²) in [5, 5.41) is 0. The molecule has 1 aromatic heterocycles. The zero-order valence-corrected chi connectivity index (χ0v) is 12.4. The minimum absolute atomic E-state index is 0.582. The molecule has 0 aliphatic rings. The SMILES string of the molecule is CCc1nc(N)c(C)c(N(C)CCc2ccccc2)n1. The van der Waals surface area contributed by atoms with Gasteiger partial charge in [0.1, 0.15) is 17.5 Å². The second-order valence-corrected chi connectivity index (χ2v) is 4.98. The molecule has 0 saturated carbocycles. The summed E-state index contributed by atoms with van der Waals surface area (Å²) in [6.07, 6.45) is 1.78. The molecule has 0 atom stereocenters. The molecule has 1 aromatic carbocycles. The molecule has 0 spiro atoms. The van der Waals surface area contributed by atoms with E-state index in [4.69, 9.17) is 5.73 Å². The molecule has 0 aliphatic heterocycles. The van der Waals surface area contributed by atoms with Gasteiger partial charge in [-0.1, -0.05) is 37.3 Å². The fourth-order valence-corrected chi connectivity index (χ4v) is 2.15. The molecule has 0 amide bonds. The van der Waals surface area contributed by atoms with Gasteiger partial charge in [0.15, 0.2) is 0 Å². The highest BCUT2D eigenvalue weighted by Gasteiger charge is 2.11. The second kappa shape index (κ2) is 6.37. The van der Waals surface area contributed by atoms with Gasteiger partial charge in [-0.15, -0.1) is 0 Å². The van der Waals surface area contributed by atoms with E-state index >= 15 is 0 Å². The summed E-state index contributed by atoms with van der Waals surface area (Å²) >= 11 is 0. The Morgan fingerprint density at radius 1 is 1.15 bits per heavy atom. The van der Waals surface area contributed by atoms with Gasteiger partial charge in [-0.2, -0.15) is 0 Å². The van der Waals surface area contributed by atoms with Gasteiger partial charge < -0.3 is 10.6 Å². The average molecular weight is 270 g/mol. The Hall–Kier alpha value is -2.10. The van der Waals surface area contributed by atoms with Gasteiger partial charge >= 0.3 is 0 Å². The van der Waals surface area contributed by atoms with Gasteiger partial charge in [-0.05, 0) is 18.9 Å². The standard InChI is InChI=1S/C16H22N4/c1-4-14-18-15(17)12(2)16(19-14)20(3)11-10-13-8-6-5-7-9-13/h5-9H,4,10-11H2,1-3H3,(H2,17,18,19). The Labute approximate surface area is 120 Å². The number of rotatable bonds is 5. The van der Waals surface area contributed by atoms with Crippen LogP contribution in [0.3, 0.4) is 0 Å². The van der Waals surface area contributed by atoms with Crippen LogP contribution in [0.15, 0.2) is 30.3 Å². The smallest absolute Gasteiger partial charge is 0.137 e. The monoisotopic (exact) mass is 270 g/mol. The summed E-state index contributed by atoms with van der Waals surface area (Å²) in [5.41, 5.74) is 8.25. The Balaban J connectivity index is 2.12. The molecule has 106 valence electrons. The second-order valence-electron chi connectivity index (χ2n) is 4.98. The lowest BCUT2D eigenvalue weighted by molar-refractivity contribution is 0.832. The molecule has 2 N–H and O–H groups in total. The van der Waals surface area contributed by atoms with E-state index in [0.29, 0.717) is 5.82 Å².